The predicted molar refractivity (Wildman–Crippen MR) is 279 cm³/mol. The summed E-state index contributed by atoms with van der Waals surface area (Å²) in [5, 5.41) is 0. The van der Waals surface area contributed by atoms with Crippen LogP contribution in [0.25, 0.3) is 84.3 Å². The number of aromatic nitrogens is 6. The molecule has 0 aliphatic rings. The fourth-order valence-electron chi connectivity index (χ4n) is 8.79. The summed E-state index contributed by atoms with van der Waals surface area (Å²) in [5.74, 6) is 2.53. The van der Waals surface area contributed by atoms with Crippen molar-refractivity contribution in [3.63, 3.8) is 0 Å². The number of hydrogen-bond acceptors (Lipinski definition) is 4. The summed E-state index contributed by atoms with van der Waals surface area (Å²) < 4.78 is 13.9. The third-order valence-electron chi connectivity index (χ3n) is 12.4. The number of benzene rings is 7. The molecular weight excluding hydrogens is 912 g/mol. The molecule has 0 aliphatic carbocycles. The molecule has 3 heterocycles. The molecule has 7 aromatic carbocycles. The molecule has 0 spiro atoms. The zero-order valence-electron chi connectivity index (χ0n) is 38.6. The second-order valence-corrected chi connectivity index (χ2v) is 20.0. The Bertz CT molecular complexity index is 2950. The number of halogens is 1. The van der Waals surface area contributed by atoms with Gasteiger partial charge in [0.1, 0.15) is 40.5 Å². The fraction of sp³-hybridized carbons (Fsp3) is 0.211. The second kappa shape index (κ2) is 16.9. The van der Waals surface area contributed by atoms with E-state index in [1.165, 1.54) is 16.7 Å². The van der Waals surface area contributed by atoms with Crippen molar-refractivity contribution >= 4 is 56.1 Å². The maximum atomic E-state index is 6.97. The van der Waals surface area contributed by atoms with Crippen LogP contribution in [-0.4, -0.2) is 32.1 Å². The molecule has 7 nitrogen and oxygen atoms in total. The molecule has 0 amide bonds. The topological polar surface area (TPSA) is 73.7 Å². The summed E-state index contributed by atoms with van der Waals surface area (Å²) in [5.41, 5.74) is 15.9. The molecule has 10 rings (SSSR count). The van der Waals surface area contributed by atoms with Crippen LogP contribution in [0.3, 0.4) is 0 Å². The highest BCUT2D eigenvalue weighted by molar-refractivity contribution is 14.1. The molecule has 0 saturated heterocycles. The lowest BCUT2D eigenvalue weighted by Gasteiger charge is -2.20. The molecular formula is C57H55IN6O. The molecule has 0 bridgehead atoms. The molecule has 8 heteroatoms. The van der Waals surface area contributed by atoms with E-state index in [4.69, 9.17) is 18.4 Å². The van der Waals surface area contributed by atoms with E-state index in [-0.39, 0.29) is 16.2 Å². The van der Waals surface area contributed by atoms with Gasteiger partial charge in [-0.15, -0.1) is 0 Å². The molecule has 0 radical (unpaired) electrons. The summed E-state index contributed by atoms with van der Waals surface area (Å²) in [4.78, 5) is 16.3. The average Bonchev–Trinajstić information content (AvgIpc) is 4.01. The summed E-state index contributed by atoms with van der Waals surface area (Å²) in [7, 11) is 0. The van der Waals surface area contributed by atoms with Crippen LogP contribution in [0.1, 0.15) is 79.0 Å². The molecule has 1 N–H and O–H groups in total. The van der Waals surface area contributed by atoms with Gasteiger partial charge in [-0.1, -0.05) is 135 Å². The molecule has 0 saturated carbocycles. The number of para-hydroxylation sites is 6. The highest BCUT2D eigenvalue weighted by Crippen LogP contribution is 2.39. The van der Waals surface area contributed by atoms with Crippen molar-refractivity contribution in [2.75, 3.05) is 0 Å². The Hall–Kier alpha value is -6.36. The Morgan fingerprint density at radius 1 is 0.338 bits per heavy atom. The van der Waals surface area contributed by atoms with Gasteiger partial charge in [0.05, 0.1) is 33.1 Å². The zero-order chi connectivity index (χ0) is 45.8. The normalized spacial score (nSPS) is 12.2. The zero-order valence-corrected chi connectivity index (χ0v) is 40.8. The Kier molecular flexibility index (Phi) is 11.4. The van der Waals surface area contributed by atoms with Gasteiger partial charge in [0, 0.05) is 33.8 Å². The summed E-state index contributed by atoms with van der Waals surface area (Å²) in [6.45, 7) is 20.3. The molecule has 0 fully saturated rings. The number of rotatable bonds is 6. The van der Waals surface area contributed by atoms with Gasteiger partial charge >= 0.3 is 0 Å². The van der Waals surface area contributed by atoms with Crippen molar-refractivity contribution in [1.82, 2.24) is 28.7 Å². The maximum absolute atomic E-state index is 6.97. The monoisotopic (exact) mass is 966 g/mol. The van der Waals surface area contributed by atoms with Gasteiger partial charge in [-0.25, -0.2) is 15.0 Å². The van der Waals surface area contributed by atoms with Crippen LogP contribution in [0.15, 0.2) is 164 Å². The Morgan fingerprint density at radius 3 is 0.800 bits per heavy atom. The van der Waals surface area contributed by atoms with Crippen LogP contribution in [0.5, 0.6) is 0 Å². The van der Waals surface area contributed by atoms with Crippen molar-refractivity contribution in [1.29, 1.82) is 0 Å². The maximum Gasteiger partial charge on any atom is 0.145 e. The van der Waals surface area contributed by atoms with E-state index < -0.39 is 0 Å². The lowest BCUT2D eigenvalue weighted by atomic mass is 9.87. The molecule has 0 aliphatic heterocycles. The highest BCUT2D eigenvalue weighted by atomic mass is 127. The molecule has 0 atom stereocenters. The van der Waals surface area contributed by atoms with Gasteiger partial charge in [-0.05, 0) is 124 Å². The largest absolute Gasteiger partial charge is 0.331 e. The molecule has 0 unspecified atom stereocenters. The quantitative estimate of drug-likeness (QED) is 0.169. The van der Waals surface area contributed by atoms with E-state index >= 15 is 0 Å². The van der Waals surface area contributed by atoms with Crippen molar-refractivity contribution in [3.05, 3.63) is 180 Å². The first-order chi connectivity index (χ1) is 31.1. The van der Waals surface area contributed by atoms with Crippen LogP contribution in [0, 0.1) is 0 Å². The number of nitrogens with zero attached hydrogens (tertiary/aromatic N) is 6. The number of imidazole rings is 3. The van der Waals surface area contributed by atoms with Gasteiger partial charge in [0.15, 0.2) is 0 Å². The smallest absolute Gasteiger partial charge is 0.145 e. The van der Waals surface area contributed by atoms with Crippen molar-refractivity contribution in [2.24, 2.45) is 0 Å². The molecule has 10 aromatic rings. The van der Waals surface area contributed by atoms with Crippen molar-refractivity contribution in [2.45, 2.75) is 78.6 Å². The van der Waals surface area contributed by atoms with E-state index in [1.54, 1.807) is 0 Å². The summed E-state index contributed by atoms with van der Waals surface area (Å²) >= 11 is 1.15. The van der Waals surface area contributed by atoms with Crippen LogP contribution >= 0.6 is 23.0 Å². The Balaban J connectivity index is 0.00000263. The highest BCUT2D eigenvalue weighted by Gasteiger charge is 2.24. The molecule has 3 aromatic heterocycles. The van der Waals surface area contributed by atoms with Crippen LogP contribution in [0.4, 0.5) is 0 Å². The average molecular weight is 967 g/mol. The minimum absolute atomic E-state index is 0.0264. The van der Waals surface area contributed by atoms with E-state index in [0.717, 1.165) is 107 Å². The predicted octanol–water partition coefficient (Wildman–Crippen LogP) is 14.9. The summed E-state index contributed by atoms with van der Waals surface area (Å²) in [6, 6.07) is 58.9. The van der Waals surface area contributed by atoms with E-state index in [2.05, 4.69) is 240 Å². The lowest BCUT2D eigenvalue weighted by molar-refractivity contribution is 0.590. The summed E-state index contributed by atoms with van der Waals surface area (Å²) in [6.07, 6.45) is 0. The second-order valence-electron chi connectivity index (χ2n) is 20.0. The van der Waals surface area contributed by atoms with Crippen molar-refractivity contribution < 1.29 is 3.44 Å². The SMILES string of the molecule is CC(C)(C)c1ccc(-n2c(-c3cc(-c4nc5ccccc5n4-c4ccc(C(C)(C)C)cc4)cc(-c4nc5ccccc5n4-c4ccc(C(C)(C)C)cc4)c3)nc3ccccc32)cc1.OI. The third kappa shape index (κ3) is 8.30. The Labute approximate surface area is 396 Å². The van der Waals surface area contributed by atoms with Crippen LogP contribution in [-0.2, 0) is 16.2 Å². The third-order valence-corrected chi connectivity index (χ3v) is 12.4. The fourth-order valence-corrected chi connectivity index (χ4v) is 8.79. The van der Waals surface area contributed by atoms with Gasteiger partial charge in [0.25, 0.3) is 0 Å². The van der Waals surface area contributed by atoms with Gasteiger partial charge < -0.3 is 3.44 Å². The first-order valence-corrected chi connectivity index (χ1v) is 23.2. The standard InChI is InChI=1S/C57H54N6.HIO/c1-55(2,3)40-22-28-43(29-23-40)61-49-19-13-10-16-46(49)58-52(61)37-34-38(53-59-47-17-11-14-20-50(47)62(53)44-30-24-41(25-31-44)56(4,5)6)36-39(35-37)54-60-48-18-12-15-21-51(48)63(54)45-32-26-42(27-33-45)57(7,8)9;1-2/h10-36H,1-9H3;2H. The molecule has 326 valence electrons. The van der Waals surface area contributed by atoms with E-state index in [0.29, 0.717) is 0 Å². The van der Waals surface area contributed by atoms with Crippen LogP contribution < -0.4 is 0 Å². The van der Waals surface area contributed by atoms with E-state index in [9.17, 15) is 0 Å². The number of hydrogen-bond donors (Lipinski definition) is 1. The van der Waals surface area contributed by atoms with Gasteiger partial charge in [0.2, 0.25) is 0 Å². The lowest BCUT2D eigenvalue weighted by Crippen LogP contribution is -2.11. The molecule has 65 heavy (non-hydrogen) atoms. The van der Waals surface area contributed by atoms with Crippen molar-refractivity contribution in [3.8, 4) is 51.2 Å². The van der Waals surface area contributed by atoms with Crippen LogP contribution in [0.2, 0.25) is 0 Å². The Morgan fingerprint density at radius 2 is 0.569 bits per heavy atom. The van der Waals surface area contributed by atoms with Gasteiger partial charge in [-0.2, -0.15) is 0 Å². The van der Waals surface area contributed by atoms with Gasteiger partial charge in [-0.3, -0.25) is 13.7 Å². The first-order valence-electron chi connectivity index (χ1n) is 22.2. The van der Waals surface area contributed by atoms with E-state index in [1.807, 2.05) is 0 Å². The minimum atomic E-state index is 0.0264. The minimum Gasteiger partial charge on any atom is -0.331 e. The first kappa shape index (κ1) is 43.9. The number of fused-ring (bicyclic) bond motifs is 3.